The van der Waals surface area contributed by atoms with Crippen LogP contribution in [0.5, 0.6) is 0 Å². The van der Waals surface area contributed by atoms with Crippen molar-refractivity contribution < 1.29 is 28.5 Å². The van der Waals surface area contributed by atoms with Crippen molar-refractivity contribution in [1.29, 1.82) is 0 Å². The Bertz CT molecular complexity index is 1010. The van der Waals surface area contributed by atoms with Crippen molar-refractivity contribution in [3.63, 3.8) is 0 Å². The average Bonchev–Trinajstić information content (AvgIpc) is 2.89. The molecule has 1 fully saturated rings. The molecule has 3 unspecified atom stereocenters. The first kappa shape index (κ1) is 25.1. The zero-order valence-corrected chi connectivity index (χ0v) is 20.0. The van der Waals surface area contributed by atoms with Crippen molar-refractivity contribution in [1.82, 2.24) is 0 Å². The molecule has 0 spiro atoms. The summed E-state index contributed by atoms with van der Waals surface area (Å²) in [5, 5.41) is 0. The van der Waals surface area contributed by atoms with Crippen LogP contribution in [0.4, 0.5) is 0 Å². The van der Waals surface area contributed by atoms with E-state index in [0.717, 1.165) is 16.7 Å². The van der Waals surface area contributed by atoms with Gasteiger partial charge in [0.05, 0.1) is 33.0 Å². The van der Waals surface area contributed by atoms with E-state index in [0.29, 0.717) is 26.4 Å². The van der Waals surface area contributed by atoms with Crippen LogP contribution < -0.4 is 0 Å². The van der Waals surface area contributed by atoms with Gasteiger partial charge in [-0.15, -0.1) is 0 Å². The Morgan fingerprint density at radius 3 is 1.74 bits per heavy atom. The standard InChI is InChI=1S/C29H32O6/c1-22(30)35-27-21-32-26(20-31-17-23-11-5-2-6-12-23)28(33-18-24-13-7-3-8-14-24)29(27)34-19-25-15-9-4-10-16-25/h2-16,26-29H,17-21H2,1H3/t26?,27?,28-,29?/m0/s1. The summed E-state index contributed by atoms with van der Waals surface area (Å²) < 4.78 is 30.4. The maximum absolute atomic E-state index is 11.8. The third kappa shape index (κ3) is 7.73. The van der Waals surface area contributed by atoms with Gasteiger partial charge >= 0.3 is 5.97 Å². The van der Waals surface area contributed by atoms with E-state index >= 15 is 0 Å². The molecule has 4 atom stereocenters. The van der Waals surface area contributed by atoms with Crippen LogP contribution in [-0.2, 0) is 48.3 Å². The summed E-state index contributed by atoms with van der Waals surface area (Å²) >= 11 is 0. The molecular weight excluding hydrogens is 444 g/mol. The molecule has 0 bridgehead atoms. The van der Waals surface area contributed by atoms with Gasteiger partial charge in [-0.05, 0) is 16.7 Å². The average molecular weight is 477 g/mol. The predicted octanol–water partition coefficient (Wildman–Crippen LogP) is 4.70. The molecule has 35 heavy (non-hydrogen) atoms. The van der Waals surface area contributed by atoms with Crippen LogP contribution >= 0.6 is 0 Å². The molecule has 6 nitrogen and oxygen atoms in total. The summed E-state index contributed by atoms with van der Waals surface area (Å²) in [6, 6.07) is 29.8. The van der Waals surface area contributed by atoms with Gasteiger partial charge < -0.3 is 23.7 Å². The molecule has 184 valence electrons. The number of rotatable bonds is 11. The first-order valence-electron chi connectivity index (χ1n) is 11.9. The summed E-state index contributed by atoms with van der Waals surface area (Å²) in [7, 11) is 0. The van der Waals surface area contributed by atoms with Crippen LogP contribution in [0.3, 0.4) is 0 Å². The van der Waals surface area contributed by atoms with E-state index < -0.39 is 18.3 Å². The van der Waals surface area contributed by atoms with Crippen LogP contribution in [-0.4, -0.2) is 43.6 Å². The SMILES string of the molecule is CC(=O)OC1COC(COCc2ccccc2)[C@H](OCc2ccccc2)C1OCc1ccccc1. The van der Waals surface area contributed by atoms with Gasteiger partial charge in [-0.25, -0.2) is 0 Å². The van der Waals surface area contributed by atoms with Crippen LogP contribution in [0.2, 0.25) is 0 Å². The molecule has 0 saturated carbocycles. The number of benzene rings is 3. The number of carbonyl (C=O) groups is 1. The van der Waals surface area contributed by atoms with Gasteiger partial charge in [0.25, 0.3) is 0 Å². The molecule has 3 aromatic rings. The summed E-state index contributed by atoms with van der Waals surface area (Å²) in [6.07, 6.45) is -1.97. The summed E-state index contributed by atoms with van der Waals surface area (Å²) in [5.41, 5.74) is 3.15. The fourth-order valence-electron chi connectivity index (χ4n) is 4.09. The molecule has 1 aliphatic heterocycles. The number of hydrogen-bond acceptors (Lipinski definition) is 6. The van der Waals surface area contributed by atoms with Gasteiger partial charge in [0.1, 0.15) is 18.3 Å². The topological polar surface area (TPSA) is 63.2 Å². The molecule has 0 N–H and O–H groups in total. The molecule has 3 aromatic carbocycles. The van der Waals surface area contributed by atoms with Crippen molar-refractivity contribution in [3.8, 4) is 0 Å². The van der Waals surface area contributed by atoms with Crippen molar-refractivity contribution in [2.45, 2.75) is 51.2 Å². The zero-order chi connectivity index (χ0) is 24.3. The van der Waals surface area contributed by atoms with Crippen molar-refractivity contribution in [2.75, 3.05) is 13.2 Å². The number of hydrogen-bond donors (Lipinski definition) is 0. The van der Waals surface area contributed by atoms with E-state index in [2.05, 4.69) is 0 Å². The lowest BCUT2D eigenvalue weighted by atomic mass is 9.99. The minimum atomic E-state index is -0.581. The van der Waals surface area contributed by atoms with Gasteiger partial charge in [-0.2, -0.15) is 0 Å². The van der Waals surface area contributed by atoms with Crippen LogP contribution in [0.1, 0.15) is 23.6 Å². The molecule has 0 aromatic heterocycles. The molecule has 0 amide bonds. The summed E-state index contributed by atoms with van der Waals surface area (Å²) in [5.74, 6) is -0.382. The van der Waals surface area contributed by atoms with E-state index in [9.17, 15) is 4.79 Å². The normalized spacial score (nSPS) is 22.0. The Kier molecular flexibility index (Phi) is 9.43. The number of carbonyl (C=O) groups excluding carboxylic acids is 1. The van der Waals surface area contributed by atoms with Crippen molar-refractivity contribution in [3.05, 3.63) is 108 Å². The molecule has 1 saturated heterocycles. The van der Waals surface area contributed by atoms with Gasteiger partial charge in [-0.3, -0.25) is 4.79 Å². The van der Waals surface area contributed by atoms with Crippen molar-refractivity contribution >= 4 is 5.97 Å². The second-order valence-electron chi connectivity index (χ2n) is 8.54. The molecule has 6 heteroatoms. The lowest BCUT2D eigenvalue weighted by molar-refractivity contribution is -0.241. The van der Waals surface area contributed by atoms with E-state index in [1.165, 1.54) is 6.92 Å². The Labute approximate surface area is 206 Å². The highest BCUT2D eigenvalue weighted by Crippen LogP contribution is 2.26. The highest BCUT2D eigenvalue weighted by molar-refractivity contribution is 5.66. The molecular formula is C29H32O6. The molecule has 1 heterocycles. The lowest BCUT2D eigenvalue weighted by Crippen LogP contribution is -2.57. The van der Waals surface area contributed by atoms with Crippen LogP contribution in [0.15, 0.2) is 91.0 Å². The quantitative estimate of drug-likeness (QED) is 0.374. The molecule has 0 aliphatic carbocycles. The van der Waals surface area contributed by atoms with Gasteiger partial charge in [0, 0.05) is 6.92 Å². The fraction of sp³-hybridized carbons (Fsp3) is 0.345. The minimum absolute atomic E-state index is 0.212. The molecule has 4 rings (SSSR count). The largest absolute Gasteiger partial charge is 0.457 e. The first-order valence-corrected chi connectivity index (χ1v) is 11.9. The second-order valence-corrected chi connectivity index (χ2v) is 8.54. The van der Waals surface area contributed by atoms with Crippen molar-refractivity contribution in [2.24, 2.45) is 0 Å². The third-order valence-electron chi connectivity index (χ3n) is 5.81. The Balaban J connectivity index is 1.49. The van der Waals surface area contributed by atoms with Gasteiger partial charge in [0.2, 0.25) is 0 Å². The molecule has 0 radical (unpaired) electrons. The maximum atomic E-state index is 11.8. The third-order valence-corrected chi connectivity index (χ3v) is 5.81. The summed E-state index contributed by atoms with van der Waals surface area (Å²) in [4.78, 5) is 11.8. The predicted molar refractivity (Wildman–Crippen MR) is 131 cm³/mol. The summed E-state index contributed by atoms with van der Waals surface area (Å²) in [6.45, 7) is 3.14. The Hall–Kier alpha value is -3.03. The highest BCUT2D eigenvalue weighted by atomic mass is 16.6. The number of esters is 1. The molecule has 1 aliphatic rings. The van der Waals surface area contributed by atoms with E-state index in [4.69, 9.17) is 23.7 Å². The van der Waals surface area contributed by atoms with E-state index in [1.54, 1.807) is 0 Å². The first-order chi connectivity index (χ1) is 17.2. The fourth-order valence-corrected chi connectivity index (χ4v) is 4.09. The zero-order valence-electron chi connectivity index (χ0n) is 20.0. The monoisotopic (exact) mass is 476 g/mol. The Morgan fingerprint density at radius 2 is 1.23 bits per heavy atom. The number of ether oxygens (including phenoxy) is 5. The smallest absolute Gasteiger partial charge is 0.303 e. The van der Waals surface area contributed by atoms with Gasteiger partial charge in [0.15, 0.2) is 6.10 Å². The lowest BCUT2D eigenvalue weighted by Gasteiger charge is -2.41. The van der Waals surface area contributed by atoms with E-state index in [1.807, 2.05) is 91.0 Å². The maximum Gasteiger partial charge on any atom is 0.303 e. The van der Waals surface area contributed by atoms with Gasteiger partial charge in [-0.1, -0.05) is 91.0 Å². The van der Waals surface area contributed by atoms with E-state index in [-0.39, 0.29) is 18.7 Å². The highest BCUT2D eigenvalue weighted by Gasteiger charge is 2.44. The van der Waals surface area contributed by atoms with Crippen LogP contribution in [0.25, 0.3) is 0 Å². The second kappa shape index (κ2) is 13.2. The Morgan fingerprint density at radius 1 is 0.743 bits per heavy atom. The minimum Gasteiger partial charge on any atom is -0.457 e. The van der Waals surface area contributed by atoms with Crippen LogP contribution in [0, 0.1) is 0 Å².